The van der Waals surface area contributed by atoms with Crippen LogP contribution in [0.2, 0.25) is 0 Å². The van der Waals surface area contributed by atoms with Gasteiger partial charge in [-0.15, -0.1) is 0 Å². The molecule has 0 radical (unpaired) electrons. The zero-order valence-electron chi connectivity index (χ0n) is 13.4. The third-order valence-electron chi connectivity index (χ3n) is 4.07. The minimum absolute atomic E-state index is 0.0438. The summed E-state index contributed by atoms with van der Waals surface area (Å²) in [5, 5.41) is 0. The van der Waals surface area contributed by atoms with Crippen LogP contribution in [0.5, 0.6) is 0 Å². The molecule has 7 heteroatoms. The number of piperidine rings is 1. The minimum atomic E-state index is -3.16. The fourth-order valence-electron chi connectivity index (χ4n) is 2.67. The van der Waals surface area contributed by atoms with Gasteiger partial charge in [-0.05, 0) is 37.6 Å². The molecule has 21 heavy (non-hydrogen) atoms. The predicted molar refractivity (Wildman–Crippen MR) is 84.3 cm³/mol. The van der Waals surface area contributed by atoms with Gasteiger partial charge in [0.1, 0.15) is 0 Å². The molecule has 0 aromatic heterocycles. The molecule has 0 aliphatic carbocycles. The number of hydrogen-bond donors (Lipinski definition) is 2. The Kier molecular flexibility index (Phi) is 6.62. The van der Waals surface area contributed by atoms with Gasteiger partial charge in [-0.1, -0.05) is 13.8 Å². The summed E-state index contributed by atoms with van der Waals surface area (Å²) in [4.78, 5) is 14.0. The van der Waals surface area contributed by atoms with Crippen LogP contribution in [0.4, 0.5) is 0 Å². The van der Waals surface area contributed by atoms with Crippen molar-refractivity contribution >= 4 is 15.9 Å². The molecule has 0 atom stereocenters. The van der Waals surface area contributed by atoms with E-state index in [0.29, 0.717) is 38.9 Å². The van der Waals surface area contributed by atoms with Crippen LogP contribution in [0.15, 0.2) is 0 Å². The van der Waals surface area contributed by atoms with E-state index in [1.807, 2.05) is 4.90 Å². The lowest BCUT2D eigenvalue weighted by Gasteiger charge is -2.33. The number of hydrogen-bond acceptors (Lipinski definition) is 4. The summed E-state index contributed by atoms with van der Waals surface area (Å²) in [6.07, 6.45) is 4.84. The molecule has 6 nitrogen and oxygen atoms in total. The van der Waals surface area contributed by atoms with Crippen LogP contribution in [0, 0.1) is 5.41 Å². The van der Waals surface area contributed by atoms with Crippen LogP contribution in [0.25, 0.3) is 0 Å². The average Bonchev–Trinajstić information content (AvgIpc) is 2.35. The maximum atomic E-state index is 12.2. The van der Waals surface area contributed by atoms with Gasteiger partial charge in [0.2, 0.25) is 15.9 Å². The lowest BCUT2D eigenvalue weighted by Crippen LogP contribution is -2.46. The minimum Gasteiger partial charge on any atom is -0.343 e. The van der Waals surface area contributed by atoms with Crippen molar-refractivity contribution < 1.29 is 13.2 Å². The highest BCUT2D eigenvalue weighted by molar-refractivity contribution is 7.88. The molecular formula is C14H29N3O3S. The molecule has 1 aliphatic heterocycles. The molecule has 0 bridgehead atoms. The van der Waals surface area contributed by atoms with Gasteiger partial charge in [-0.25, -0.2) is 13.1 Å². The number of sulfonamides is 1. The number of amides is 1. The van der Waals surface area contributed by atoms with Crippen LogP contribution < -0.4 is 10.5 Å². The number of carbonyl (C=O) groups is 1. The number of nitrogens with zero attached hydrogens (tertiary/aromatic N) is 1. The van der Waals surface area contributed by atoms with E-state index >= 15 is 0 Å². The first kappa shape index (κ1) is 18.4. The van der Waals surface area contributed by atoms with Crippen molar-refractivity contribution in [3.63, 3.8) is 0 Å². The lowest BCUT2D eigenvalue weighted by molar-refractivity contribution is -0.132. The molecule has 1 heterocycles. The number of carbonyl (C=O) groups excluding carboxylic acids is 1. The molecule has 3 N–H and O–H groups in total. The molecule has 1 rings (SSSR count). The monoisotopic (exact) mass is 319 g/mol. The normalized spacial score (nSPS) is 18.0. The standard InChI is InChI=1S/C14H29N3O3S/c1-14(2,8-9-15)7-4-13(18)17-10-5-12(6-11-17)16-21(3,19)20/h12,16H,4-11,15H2,1-3H3. The zero-order valence-corrected chi connectivity index (χ0v) is 14.2. The fraction of sp³-hybridized carbons (Fsp3) is 0.929. The van der Waals surface area contributed by atoms with E-state index in [1.54, 1.807) is 0 Å². The van der Waals surface area contributed by atoms with Gasteiger partial charge in [0.05, 0.1) is 6.26 Å². The second-order valence-corrected chi connectivity index (χ2v) is 8.53. The maximum absolute atomic E-state index is 12.2. The number of likely N-dealkylation sites (tertiary alicyclic amines) is 1. The first-order valence-corrected chi connectivity index (χ1v) is 9.47. The zero-order chi connectivity index (χ0) is 16.1. The molecule has 1 amide bonds. The topological polar surface area (TPSA) is 92.5 Å². The number of nitrogens with two attached hydrogens (primary N) is 1. The second-order valence-electron chi connectivity index (χ2n) is 6.75. The maximum Gasteiger partial charge on any atom is 0.222 e. The Morgan fingerprint density at radius 1 is 1.29 bits per heavy atom. The highest BCUT2D eigenvalue weighted by Crippen LogP contribution is 2.26. The molecule has 0 spiro atoms. The molecular weight excluding hydrogens is 290 g/mol. The molecule has 0 aromatic rings. The smallest absolute Gasteiger partial charge is 0.222 e. The van der Waals surface area contributed by atoms with Crippen molar-refractivity contribution in [3.8, 4) is 0 Å². The number of rotatable bonds is 7. The van der Waals surface area contributed by atoms with Crippen LogP contribution in [0.1, 0.15) is 46.0 Å². The van der Waals surface area contributed by atoms with Gasteiger partial charge in [0.15, 0.2) is 0 Å². The summed E-state index contributed by atoms with van der Waals surface area (Å²) in [6.45, 7) is 6.17. The van der Waals surface area contributed by atoms with E-state index in [9.17, 15) is 13.2 Å². The van der Waals surface area contributed by atoms with Gasteiger partial charge >= 0.3 is 0 Å². The first-order valence-electron chi connectivity index (χ1n) is 7.58. The van der Waals surface area contributed by atoms with E-state index in [1.165, 1.54) is 6.26 Å². The number of nitrogens with one attached hydrogen (secondary N) is 1. The van der Waals surface area contributed by atoms with Crippen molar-refractivity contribution in [2.24, 2.45) is 11.1 Å². The van der Waals surface area contributed by atoms with Gasteiger partial charge < -0.3 is 10.6 Å². The van der Waals surface area contributed by atoms with Crippen LogP contribution >= 0.6 is 0 Å². The highest BCUT2D eigenvalue weighted by atomic mass is 32.2. The molecule has 1 aliphatic rings. The van der Waals surface area contributed by atoms with Crippen molar-refractivity contribution in [3.05, 3.63) is 0 Å². The van der Waals surface area contributed by atoms with Gasteiger partial charge in [-0.3, -0.25) is 4.79 Å². The van der Waals surface area contributed by atoms with Crippen LogP contribution in [-0.4, -0.2) is 51.2 Å². The van der Waals surface area contributed by atoms with E-state index in [2.05, 4.69) is 18.6 Å². The highest BCUT2D eigenvalue weighted by Gasteiger charge is 2.26. The van der Waals surface area contributed by atoms with Gasteiger partial charge in [-0.2, -0.15) is 0 Å². The summed E-state index contributed by atoms with van der Waals surface area (Å²) >= 11 is 0. The van der Waals surface area contributed by atoms with Crippen molar-refractivity contribution in [1.82, 2.24) is 9.62 Å². The summed E-state index contributed by atoms with van der Waals surface area (Å²) in [6, 6.07) is -0.0438. The van der Waals surface area contributed by atoms with E-state index in [-0.39, 0.29) is 17.4 Å². The third-order valence-corrected chi connectivity index (χ3v) is 4.83. The Morgan fingerprint density at radius 3 is 2.33 bits per heavy atom. The Morgan fingerprint density at radius 2 is 1.86 bits per heavy atom. The van der Waals surface area contributed by atoms with Crippen molar-refractivity contribution in [1.29, 1.82) is 0 Å². The molecule has 1 saturated heterocycles. The molecule has 1 fully saturated rings. The lowest BCUT2D eigenvalue weighted by atomic mass is 9.84. The Bertz CT molecular complexity index is 440. The Hall–Kier alpha value is -0.660. The average molecular weight is 319 g/mol. The van der Waals surface area contributed by atoms with Crippen LogP contribution in [0.3, 0.4) is 0 Å². The predicted octanol–water partition coefficient (Wildman–Crippen LogP) is 0.682. The molecule has 0 unspecified atom stereocenters. The third kappa shape index (κ3) is 7.24. The van der Waals surface area contributed by atoms with Crippen molar-refractivity contribution in [2.45, 2.75) is 52.0 Å². The van der Waals surface area contributed by atoms with Crippen LogP contribution in [-0.2, 0) is 14.8 Å². The van der Waals surface area contributed by atoms with Gasteiger partial charge in [0, 0.05) is 25.6 Å². The van der Waals surface area contributed by atoms with Crippen molar-refractivity contribution in [2.75, 3.05) is 25.9 Å². The van der Waals surface area contributed by atoms with Gasteiger partial charge in [0.25, 0.3) is 0 Å². The first-order chi connectivity index (χ1) is 9.63. The second kappa shape index (κ2) is 7.56. The SMILES string of the molecule is CC(C)(CCN)CCC(=O)N1CCC(NS(C)(=O)=O)CC1. The van der Waals surface area contributed by atoms with E-state index < -0.39 is 10.0 Å². The summed E-state index contributed by atoms with van der Waals surface area (Å²) in [5.74, 6) is 0.165. The van der Waals surface area contributed by atoms with E-state index in [0.717, 1.165) is 12.8 Å². The summed E-state index contributed by atoms with van der Waals surface area (Å²) in [7, 11) is -3.16. The van der Waals surface area contributed by atoms with E-state index in [4.69, 9.17) is 5.73 Å². The molecule has 124 valence electrons. The summed E-state index contributed by atoms with van der Waals surface area (Å²) < 4.78 is 25.0. The summed E-state index contributed by atoms with van der Waals surface area (Å²) in [5.41, 5.74) is 5.68. The quantitative estimate of drug-likeness (QED) is 0.722. The largest absolute Gasteiger partial charge is 0.343 e. The molecule has 0 saturated carbocycles. The Labute approximate surface area is 128 Å². The molecule has 0 aromatic carbocycles. The Balaban J connectivity index is 2.35. The fourth-order valence-corrected chi connectivity index (χ4v) is 3.51.